The molecule has 2 N–H and O–H groups in total. The summed E-state index contributed by atoms with van der Waals surface area (Å²) in [4.78, 5) is 22.1. The summed E-state index contributed by atoms with van der Waals surface area (Å²) in [5, 5.41) is 16.8. The molecule has 122 valence electrons. The van der Waals surface area contributed by atoms with E-state index >= 15 is 0 Å². The zero-order valence-corrected chi connectivity index (χ0v) is 13.7. The summed E-state index contributed by atoms with van der Waals surface area (Å²) in [7, 11) is 3.23. The maximum atomic E-state index is 11.6. The van der Waals surface area contributed by atoms with Crippen LogP contribution in [0, 0.1) is 10.1 Å². The number of nitrogens with zero attached hydrogens (tertiary/aromatic N) is 1. The quantitative estimate of drug-likeness (QED) is 0.528. The highest BCUT2D eigenvalue weighted by Crippen LogP contribution is 2.28. The van der Waals surface area contributed by atoms with E-state index in [1.54, 1.807) is 12.1 Å². The van der Waals surface area contributed by atoms with Gasteiger partial charge in [0.15, 0.2) is 5.75 Å². The number of rotatable bonds is 9. The molecule has 0 heterocycles. The van der Waals surface area contributed by atoms with Gasteiger partial charge in [-0.1, -0.05) is 6.07 Å². The van der Waals surface area contributed by atoms with Crippen molar-refractivity contribution in [2.75, 3.05) is 26.5 Å². The lowest BCUT2D eigenvalue weighted by atomic mass is 10.2. The highest BCUT2D eigenvalue weighted by atomic mass is 32.2. The minimum atomic E-state index is -0.473. The van der Waals surface area contributed by atoms with E-state index in [2.05, 4.69) is 10.6 Å². The highest BCUT2D eigenvalue weighted by Gasteiger charge is 2.15. The van der Waals surface area contributed by atoms with Crippen LogP contribution >= 0.6 is 11.8 Å². The number of benzene rings is 1. The van der Waals surface area contributed by atoms with Crippen molar-refractivity contribution in [2.24, 2.45) is 0 Å². The molecule has 0 aliphatic carbocycles. The fourth-order valence-electron chi connectivity index (χ4n) is 1.65. The highest BCUT2D eigenvalue weighted by molar-refractivity contribution is 7.99. The van der Waals surface area contributed by atoms with E-state index < -0.39 is 4.92 Å². The number of methoxy groups -OCH3 is 1. The Balaban J connectivity index is 2.46. The molecule has 0 aliphatic heterocycles. The Morgan fingerprint density at radius 1 is 1.50 bits per heavy atom. The molecule has 0 aromatic heterocycles. The van der Waals surface area contributed by atoms with Gasteiger partial charge >= 0.3 is 5.69 Å². The fraction of sp³-hybridized carbons (Fsp3) is 0.500. The van der Waals surface area contributed by atoms with E-state index in [1.165, 1.54) is 24.9 Å². The number of carbonyl (C=O) groups excluding carboxylic acids is 1. The van der Waals surface area contributed by atoms with Crippen LogP contribution in [0.3, 0.4) is 0 Å². The van der Waals surface area contributed by atoms with E-state index in [-0.39, 0.29) is 23.4 Å². The van der Waals surface area contributed by atoms with Gasteiger partial charge in [-0.15, -0.1) is 11.8 Å². The minimum Gasteiger partial charge on any atom is -0.490 e. The van der Waals surface area contributed by atoms with Crippen molar-refractivity contribution in [3.05, 3.63) is 33.9 Å². The average Bonchev–Trinajstić information content (AvgIpc) is 2.52. The van der Waals surface area contributed by atoms with Crippen molar-refractivity contribution in [3.63, 3.8) is 0 Å². The number of nitrogens with one attached hydrogen (secondary N) is 2. The fourth-order valence-corrected chi connectivity index (χ4v) is 2.45. The predicted octanol–water partition coefficient (Wildman–Crippen LogP) is 1.56. The first kappa shape index (κ1) is 18.2. The van der Waals surface area contributed by atoms with Crippen LogP contribution in [0.5, 0.6) is 5.75 Å². The lowest BCUT2D eigenvalue weighted by Gasteiger charge is -2.11. The van der Waals surface area contributed by atoms with Gasteiger partial charge in [0, 0.05) is 24.4 Å². The zero-order valence-electron chi connectivity index (χ0n) is 12.9. The second-order valence-corrected chi connectivity index (χ2v) is 5.74. The molecule has 0 aliphatic rings. The molecule has 8 heteroatoms. The second kappa shape index (κ2) is 9.26. The van der Waals surface area contributed by atoms with Crippen molar-refractivity contribution in [2.45, 2.75) is 18.7 Å². The number of thioether (sulfide) groups is 1. The van der Waals surface area contributed by atoms with Crippen LogP contribution in [0.25, 0.3) is 0 Å². The number of amides is 1. The summed E-state index contributed by atoms with van der Waals surface area (Å²) < 4.78 is 4.95. The van der Waals surface area contributed by atoms with Crippen LogP contribution in [0.1, 0.15) is 12.5 Å². The Morgan fingerprint density at radius 3 is 2.82 bits per heavy atom. The Bertz CT molecular complexity index is 525. The van der Waals surface area contributed by atoms with E-state index in [0.717, 1.165) is 5.56 Å². The Hall–Kier alpha value is -1.80. The average molecular weight is 327 g/mol. The summed E-state index contributed by atoms with van der Waals surface area (Å²) in [6, 6.07) is 5.04. The van der Waals surface area contributed by atoms with Gasteiger partial charge in [0.05, 0.1) is 17.8 Å². The molecule has 0 saturated carbocycles. The van der Waals surface area contributed by atoms with E-state index in [0.29, 0.717) is 18.1 Å². The van der Waals surface area contributed by atoms with Crippen LogP contribution in [0.15, 0.2) is 18.2 Å². The van der Waals surface area contributed by atoms with Gasteiger partial charge < -0.3 is 15.4 Å². The molecule has 1 aromatic rings. The smallest absolute Gasteiger partial charge is 0.311 e. The van der Waals surface area contributed by atoms with Crippen molar-refractivity contribution >= 4 is 23.4 Å². The predicted molar refractivity (Wildman–Crippen MR) is 87.3 cm³/mol. The van der Waals surface area contributed by atoms with Crippen molar-refractivity contribution in [3.8, 4) is 5.75 Å². The summed E-state index contributed by atoms with van der Waals surface area (Å²) in [6.45, 7) is 2.55. The second-order valence-electron chi connectivity index (χ2n) is 4.75. The Morgan fingerprint density at radius 2 is 2.23 bits per heavy atom. The summed E-state index contributed by atoms with van der Waals surface area (Å²) in [5.74, 6) is 1.03. The standard InChI is InChI=1S/C14H21N3O4S/c1-10(15-2)7-16-14(18)9-22-8-11-4-5-13(21-3)12(6-11)17(19)20/h4-6,10,15H,7-9H2,1-3H3,(H,16,18). The zero-order chi connectivity index (χ0) is 16.5. The Kier molecular flexibility index (Phi) is 7.69. The van der Waals surface area contributed by atoms with Crippen molar-refractivity contribution < 1.29 is 14.5 Å². The van der Waals surface area contributed by atoms with Gasteiger partial charge in [0.25, 0.3) is 0 Å². The molecular formula is C14H21N3O4S. The first-order valence-corrected chi connectivity index (χ1v) is 7.96. The molecule has 22 heavy (non-hydrogen) atoms. The number of likely N-dealkylation sites (N-methyl/N-ethyl adjacent to an activating group) is 1. The maximum Gasteiger partial charge on any atom is 0.311 e. The molecular weight excluding hydrogens is 306 g/mol. The molecule has 0 radical (unpaired) electrons. The summed E-state index contributed by atoms with van der Waals surface area (Å²) in [5.41, 5.74) is 0.724. The maximum absolute atomic E-state index is 11.6. The van der Waals surface area contributed by atoms with Crippen LogP contribution in [0.4, 0.5) is 5.69 Å². The molecule has 0 saturated heterocycles. The molecule has 0 fully saturated rings. The van der Waals surface area contributed by atoms with Crippen molar-refractivity contribution in [1.82, 2.24) is 10.6 Å². The lowest BCUT2D eigenvalue weighted by molar-refractivity contribution is -0.385. The number of nitro benzene ring substituents is 1. The summed E-state index contributed by atoms with van der Waals surface area (Å²) >= 11 is 1.41. The van der Waals surface area contributed by atoms with E-state index in [4.69, 9.17) is 4.74 Å². The van der Waals surface area contributed by atoms with Gasteiger partial charge in [-0.3, -0.25) is 14.9 Å². The number of carbonyl (C=O) groups is 1. The van der Waals surface area contributed by atoms with Gasteiger partial charge in [0.1, 0.15) is 0 Å². The van der Waals surface area contributed by atoms with Crippen molar-refractivity contribution in [1.29, 1.82) is 0 Å². The SMILES string of the molecule is CNC(C)CNC(=O)CSCc1ccc(OC)c([N+](=O)[O-])c1. The van der Waals surface area contributed by atoms with Crippen LogP contribution in [0.2, 0.25) is 0 Å². The third kappa shape index (κ3) is 5.90. The van der Waals surface area contributed by atoms with Gasteiger partial charge in [-0.2, -0.15) is 0 Å². The van der Waals surface area contributed by atoms with Gasteiger partial charge in [-0.25, -0.2) is 0 Å². The third-order valence-corrected chi connectivity index (χ3v) is 4.04. The van der Waals surface area contributed by atoms with Crippen LogP contribution < -0.4 is 15.4 Å². The monoisotopic (exact) mass is 327 g/mol. The minimum absolute atomic E-state index is 0.0462. The molecule has 7 nitrogen and oxygen atoms in total. The molecule has 1 aromatic carbocycles. The number of hydrogen-bond donors (Lipinski definition) is 2. The van der Waals surface area contributed by atoms with E-state index in [1.807, 2.05) is 14.0 Å². The molecule has 1 unspecified atom stereocenters. The molecule has 0 bridgehead atoms. The van der Waals surface area contributed by atoms with Gasteiger partial charge in [0.2, 0.25) is 5.91 Å². The normalized spacial score (nSPS) is 11.8. The topological polar surface area (TPSA) is 93.5 Å². The molecule has 1 atom stereocenters. The third-order valence-electron chi connectivity index (χ3n) is 3.04. The largest absolute Gasteiger partial charge is 0.490 e. The van der Waals surface area contributed by atoms with Crippen LogP contribution in [-0.4, -0.2) is 43.3 Å². The molecule has 0 spiro atoms. The first-order valence-electron chi connectivity index (χ1n) is 6.81. The molecule has 1 amide bonds. The van der Waals surface area contributed by atoms with Crippen LogP contribution in [-0.2, 0) is 10.5 Å². The Labute approximate surface area is 134 Å². The number of nitro groups is 1. The van der Waals surface area contributed by atoms with E-state index in [9.17, 15) is 14.9 Å². The van der Waals surface area contributed by atoms with Gasteiger partial charge in [-0.05, 0) is 25.6 Å². The summed E-state index contributed by atoms with van der Waals surface area (Å²) in [6.07, 6.45) is 0. The molecule has 1 rings (SSSR count). The lowest BCUT2D eigenvalue weighted by Crippen LogP contribution is -2.37. The first-order chi connectivity index (χ1) is 10.5. The number of hydrogen-bond acceptors (Lipinski definition) is 6. The number of ether oxygens (including phenoxy) is 1.